The van der Waals surface area contributed by atoms with Gasteiger partial charge in [0.05, 0.1) is 19.2 Å². The molecule has 1 aliphatic rings. The number of halogens is 2. The Morgan fingerprint density at radius 1 is 0.943 bits per heavy atom. The lowest BCUT2D eigenvalue weighted by Gasteiger charge is -2.24. The topological polar surface area (TPSA) is 58.6 Å². The van der Waals surface area contributed by atoms with Crippen molar-refractivity contribution < 1.29 is 14.3 Å². The molecule has 180 valence electrons. The van der Waals surface area contributed by atoms with Crippen molar-refractivity contribution in [2.45, 2.75) is 32.2 Å². The van der Waals surface area contributed by atoms with Gasteiger partial charge in [0.25, 0.3) is 0 Å². The van der Waals surface area contributed by atoms with Gasteiger partial charge >= 0.3 is 12.0 Å². The number of ether oxygens (including phenoxy) is 1. The summed E-state index contributed by atoms with van der Waals surface area (Å²) in [6, 6.07) is 19.6. The number of rotatable bonds is 6. The summed E-state index contributed by atoms with van der Waals surface area (Å²) in [6.45, 7) is 0.295. The van der Waals surface area contributed by atoms with E-state index >= 15 is 0 Å². The first-order chi connectivity index (χ1) is 16.9. The van der Waals surface area contributed by atoms with Crippen LogP contribution in [0.15, 0.2) is 72.8 Å². The van der Waals surface area contributed by atoms with E-state index in [4.69, 9.17) is 27.9 Å². The van der Waals surface area contributed by atoms with Crippen LogP contribution in [-0.4, -0.2) is 19.1 Å². The van der Waals surface area contributed by atoms with Crippen LogP contribution >= 0.6 is 23.2 Å². The van der Waals surface area contributed by atoms with E-state index in [-0.39, 0.29) is 6.03 Å². The summed E-state index contributed by atoms with van der Waals surface area (Å²) in [5.74, 6) is -0.406. The van der Waals surface area contributed by atoms with E-state index in [0.717, 1.165) is 24.1 Å². The first-order valence-corrected chi connectivity index (χ1v) is 12.2. The van der Waals surface area contributed by atoms with Crippen LogP contribution in [0.3, 0.4) is 0 Å². The molecule has 35 heavy (non-hydrogen) atoms. The molecule has 2 amide bonds. The van der Waals surface area contributed by atoms with E-state index in [1.165, 1.54) is 31.1 Å². The second kappa shape index (κ2) is 11.4. The molecule has 7 heteroatoms. The number of methoxy groups -OCH3 is 1. The van der Waals surface area contributed by atoms with Gasteiger partial charge in [-0.15, -0.1) is 0 Å². The summed E-state index contributed by atoms with van der Waals surface area (Å²) in [4.78, 5) is 26.8. The number of anilines is 2. The maximum Gasteiger partial charge on any atom is 0.337 e. The van der Waals surface area contributed by atoms with E-state index in [1.54, 1.807) is 35.2 Å². The molecule has 0 fully saturated rings. The maximum atomic E-state index is 13.4. The molecule has 4 rings (SSSR count). The van der Waals surface area contributed by atoms with Crippen LogP contribution in [0.1, 0.15) is 47.2 Å². The highest BCUT2D eigenvalue weighted by Gasteiger charge is 2.18. The molecule has 0 aliphatic heterocycles. The fourth-order valence-corrected chi connectivity index (χ4v) is 4.63. The number of hydrogen-bond donors (Lipinski definition) is 1. The van der Waals surface area contributed by atoms with Crippen molar-refractivity contribution in [1.29, 1.82) is 0 Å². The summed E-state index contributed by atoms with van der Waals surface area (Å²) in [5.41, 5.74) is 5.08. The second-order valence-corrected chi connectivity index (χ2v) is 9.26. The predicted octanol–water partition coefficient (Wildman–Crippen LogP) is 7.98. The summed E-state index contributed by atoms with van der Waals surface area (Å²) >= 11 is 12.2. The minimum Gasteiger partial charge on any atom is -0.465 e. The fourth-order valence-electron chi connectivity index (χ4n) is 4.10. The number of esters is 1. The maximum absolute atomic E-state index is 13.4. The molecule has 0 unspecified atom stereocenters. The first-order valence-electron chi connectivity index (χ1n) is 11.4. The molecule has 0 saturated heterocycles. The molecule has 0 heterocycles. The van der Waals surface area contributed by atoms with Crippen molar-refractivity contribution in [2.75, 3.05) is 17.3 Å². The van der Waals surface area contributed by atoms with Crippen molar-refractivity contribution >= 4 is 52.2 Å². The quantitative estimate of drug-likeness (QED) is 0.343. The van der Waals surface area contributed by atoms with Crippen LogP contribution in [0.5, 0.6) is 0 Å². The van der Waals surface area contributed by atoms with Gasteiger partial charge in [-0.3, -0.25) is 4.90 Å². The molecule has 0 spiro atoms. The van der Waals surface area contributed by atoms with Gasteiger partial charge in [0, 0.05) is 21.4 Å². The Balaban J connectivity index is 1.61. The number of nitrogens with one attached hydrogen (secondary N) is 1. The fraction of sp³-hybridized carbons (Fsp3) is 0.214. The number of carbonyl (C=O) groups excluding carboxylic acids is 2. The molecule has 0 aromatic heterocycles. The Kier molecular flexibility index (Phi) is 8.11. The molecule has 0 atom stereocenters. The first kappa shape index (κ1) is 24.8. The lowest BCUT2D eigenvalue weighted by molar-refractivity contribution is 0.0600. The molecule has 5 nitrogen and oxygen atoms in total. The van der Waals surface area contributed by atoms with Crippen molar-refractivity contribution in [3.05, 3.63) is 99.5 Å². The van der Waals surface area contributed by atoms with Gasteiger partial charge in [-0.1, -0.05) is 53.5 Å². The molecular formula is C28H26Cl2N2O3. The molecule has 3 aromatic carbocycles. The lowest BCUT2D eigenvalue weighted by atomic mass is 9.93. The number of hydrogen-bond acceptors (Lipinski definition) is 3. The zero-order valence-electron chi connectivity index (χ0n) is 19.4. The van der Waals surface area contributed by atoms with E-state index < -0.39 is 5.97 Å². The minimum atomic E-state index is -0.406. The third-order valence-corrected chi connectivity index (χ3v) is 6.35. The highest BCUT2D eigenvalue weighted by atomic mass is 35.5. The van der Waals surface area contributed by atoms with Gasteiger partial charge in [0.2, 0.25) is 0 Å². The van der Waals surface area contributed by atoms with Gasteiger partial charge in [0.15, 0.2) is 0 Å². The lowest BCUT2D eigenvalue weighted by Crippen LogP contribution is -2.34. The third kappa shape index (κ3) is 6.44. The minimum absolute atomic E-state index is 0.295. The Morgan fingerprint density at radius 3 is 2.23 bits per heavy atom. The number of nitrogens with zero attached hydrogens (tertiary/aromatic N) is 1. The molecule has 1 aliphatic carbocycles. The average molecular weight is 509 g/mol. The van der Waals surface area contributed by atoms with E-state index in [1.807, 2.05) is 24.3 Å². The van der Waals surface area contributed by atoms with Crippen LogP contribution in [0.4, 0.5) is 16.2 Å². The molecule has 1 N–H and O–H groups in total. The van der Waals surface area contributed by atoms with Gasteiger partial charge in [-0.2, -0.15) is 0 Å². The monoisotopic (exact) mass is 508 g/mol. The Morgan fingerprint density at radius 2 is 1.63 bits per heavy atom. The molecule has 0 bridgehead atoms. The molecule has 0 radical (unpaired) electrons. The van der Waals surface area contributed by atoms with Crippen molar-refractivity contribution in [3.8, 4) is 0 Å². The second-order valence-electron chi connectivity index (χ2n) is 8.38. The standard InChI is InChI=1S/C28H26Cl2N2O3/c1-35-27(33)22-9-7-19(8-10-22)18-32(28(34)31-25-16-23(29)15-24(30)17-25)26-13-11-21(12-14-26)20-5-3-2-4-6-20/h5,7-17H,2-4,6,18H2,1H3,(H,31,34). The van der Waals surface area contributed by atoms with Crippen molar-refractivity contribution in [3.63, 3.8) is 0 Å². The zero-order valence-corrected chi connectivity index (χ0v) is 20.9. The summed E-state index contributed by atoms with van der Waals surface area (Å²) in [5, 5.41) is 3.76. The predicted molar refractivity (Wildman–Crippen MR) is 142 cm³/mol. The summed E-state index contributed by atoms with van der Waals surface area (Å²) < 4.78 is 4.77. The summed E-state index contributed by atoms with van der Waals surface area (Å²) in [6.07, 6.45) is 6.92. The van der Waals surface area contributed by atoms with Crippen LogP contribution in [0, 0.1) is 0 Å². The zero-order chi connectivity index (χ0) is 24.8. The number of allylic oxidation sites excluding steroid dienone is 2. The number of benzene rings is 3. The Labute approximate surface area is 215 Å². The summed E-state index contributed by atoms with van der Waals surface area (Å²) in [7, 11) is 1.34. The van der Waals surface area contributed by atoms with E-state index in [2.05, 4.69) is 23.5 Å². The Bertz CT molecular complexity index is 1220. The van der Waals surface area contributed by atoms with E-state index in [9.17, 15) is 9.59 Å². The largest absolute Gasteiger partial charge is 0.465 e. The normalized spacial score (nSPS) is 13.1. The smallest absolute Gasteiger partial charge is 0.337 e. The third-order valence-electron chi connectivity index (χ3n) is 5.92. The average Bonchev–Trinajstić information content (AvgIpc) is 2.87. The van der Waals surface area contributed by atoms with Crippen molar-refractivity contribution in [2.24, 2.45) is 0 Å². The number of amides is 2. The van der Waals surface area contributed by atoms with Gasteiger partial charge in [-0.25, -0.2) is 9.59 Å². The van der Waals surface area contributed by atoms with Gasteiger partial charge in [0.1, 0.15) is 0 Å². The Hall–Kier alpha value is -3.28. The molecular weight excluding hydrogens is 483 g/mol. The van der Waals surface area contributed by atoms with E-state index in [0.29, 0.717) is 27.8 Å². The number of urea groups is 1. The van der Waals surface area contributed by atoms with Crippen LogP contribution in [0.25, 0.3) is 5.57 Å². The number of carbonyl (C=O) groups is 2. The van der Waals surface area contributed by atoms with Crippen LogP contribution in [-0.2, 0) is 11.3 Å². The molecule has 3 aromatic rings. The highest BCUT2D eigenvalue weighted by Crippen LogP contribution is 2.29. The molecule has 0 saturated carbocycles. The van der Waals surface area contributed by atoms with Crippen LogP contribution < -0.4 is 10.2 Å². The SMILES string of the molecule is COC(=O)c1ccc(CN(C(=O)Nc2cc(Cl)cc(Cl)c2)c2ccc(C3=CCCCC3)cc2)cc1. The highest BCUT2D eigenvalue weighted by molar-refractivity contribution is 6.35. The van der Waals surface area contributed by atoms with Crippen LogP contribution in [0.2, 0.25) is 10.0 Å². The van der Waals surface area contributed by atoms with Gasteiger partial charge in [-0.05, 0) is 84.8 Å². The van der Waals surface area contributed by atoms with Crippen molar-refractivity contribution in [1.82, 2.24) is 0 Å². The van der Waals surface area contributed by atoms with Gasteiger partial charge < -0.3 is 10.1 Å².